The predicted octanol–water partition coefficient (Wildman–Crippen LogP) is 3.28. The minimum absolute atomic E-state index is 0.236. The summed E-state index contributed by atoms with van der Waals surface area (Å²) in [6, 6.07) is 4.91. The monoisotopic (exact) mass is 251 g/mol. The molecule has 0 radical (unpaired) electrons. The zero-order valence-corrected chi connectivity index (χ0v) is 11.0. The van der Waals surface area contributed by atoms with Crippen LogP contribution >= 0.6 is 0 Å². The third-order valence-corrected chi connectivity index (χ3v) is 3.63. The maximum absolute atomic E-state index is 13.4. The van der Waals surface area contributed by atoms with E-state index in [1.54, 1.807) is 0 Å². The highest BCUT2D eigenvalue weighted by atomic mass is 19.1. The summed E-state index contributed by atoms with van der Waals surface area (Å²) in [6.07, 6.45) is 5.49. The van der Waals surface area contributed by atoms with E-state index in [0.717, 1.165) is 24.3 Å². The van der Waals surface area contributed by atoms with Crippen molar-refractivity contribution in [1.29, 1.82) is 0 Å². The molecule has 0 saturated heterocycles. The third kappa shape index (κ3) is 3.70. The molecule has 0 aliphatic heterocycles. The summed E-state index contributed by atoms with van der Waals surface area (Å²) >= 11 is 0. The van der Waals surface area contributed by atoms with Crippen molar-refractivity contribution < 1.29 is 9.13 Å². The zero-order valence-electron chi connectivity index (χ0n) is 11.0. The van der Waals surface area contributed by atoms with Gasteiger partial charge in [0.25, 0.3) is 0 Å². The zero-order chi connectivity index (χ0) is 13.0. The summed E-state index contributed by atoms with van der Waals surface area (Å²) < 4.78 is 19.3. The maximum Gasteiger partial charge on any atom is 0.127 e. The molecule has 1 saturated carbocycles. The second kappa shape index (κ2) is 6.19. The molecule has 0 atom stereocenters. The second-order valence-corrected chi connectivity index (χ2v) is 5.33. The topological polar surface area (TPSA) is 35.2 Å². The number of hydrogen-bond donors (Lipinski definition) is 1. The molecule has 2 N–H and O–H groups in total. The standard InChI is InChI=1S/C15H22FNO/c1-11-2-4-14(5-3-11)18-15-9-12(6-7-17)8-13(16)10-15/h8-11,14H,2-7,17H2,1H3. The molecule has 1 aliphatic carbocycles. The van der Waals surface area contributed by atoms with Crippen LogP contribution in [-0.4, -0.2) is 12.6 Å². The van der Waals surface area contributed by atoms with Crippen LogP contribution in [0.5, 0.6) is 5.75 Å². The van der Waals surface area contributed by atoms with Crippen molar-refractivity contribution in [2.75, 3.05) is 6.54 Å². The minimum Gasteiger partial charge on any atom is -0.490 e. The van der Waals surface area contributed by atoms with Gasteiger partial charge in [0.15, 0.2) is 0 Å². The van der Waals surface area contributed by atoms with E-state index in [1.807, 2.05) is 6.07 Å². The molecule has 100 valence electrons. The van der Waals surface area contributed by atoms with E-state index in [9.17, 15) is 4.39 Å². The molecule has 0 amide bonds. The quantitative estimate of drug-likeness (QED) is 0.891. The first kappa shape index (κ1) is 13.3. The molecule has 2 nitrogen and oxygen atoms in total. The molecule has 0 bridgehead atoms. The van der Waals surface area contributed by atoms with Gasteiger partial charge in [-0.3, -0.25) is 0 Å². The number of ether oxygens (including phenoxy) is 1. The SMILES string of the molecule is CC1CCC(Oc2cc(F)cc(CCN)c2)CC1. The average molecular weight is 251 g/mol. The summed E-state index contributed by atoms with van der Waals surface area (Å²) in [5, 5.41) is 0. The van der Waals surface area contributed by atoms with Gasteiger partial charge in [-0.05, 0) is 62.3 Å². The smallest absolute Gasteiger partial charge is 0.127 e. The first-order valence-corrected chi connectivity index (χ1v) is 6.83. The third-order valence-electron chi connectivity index (χ3n) is 3.63. The molecule has 2 rings (SSSR count). The van der Waals surface area contributed by atoms with Gasteiger partial charge < -0.3 is 10.5 Å². The summed E-state index contributed by atoms with van der Waals surface area (Å²) in [4.78, 5) is 0. The van der Waals surface area contributed by atoms with Crippen molar-refractivity contribution in [2.45, 2.75) is 45.1 Å². The van der Waals surface area contributed by atoms with Crippen LogP contribution in [0.2, 0.25) is 0 Å². The second-order valence-electron chi connectivity index (χ2n) is 5.33. The molecule has 1 aromatic carbocycles. The van der Waals surface area contributed by atoms with Gasteiger partial charge in [0, 0.05) is 6.07 Å². The molecule has 1 fully saturated rings. The van der Waals surface area contributed by atoms with Crippen LogP contribution in [0, 0.1) is 11.7 Å². The normalized spacial score (nSPS) is 23.9. The highest BCUT2D eigenvalue weighted by molar-refractivity contribution is 5.30. The molecule has 3 heteroatoms. The van der Waals surface area contributed by atoms with Crippen molar-refractivity contribution in [3.05, 3.63) is 29.6 Å². The fraction of sp³-hybridized carbons (Fsp3) is 0.600. The molecule has 0 spiro atoms. The molecule has 0 unspecified atom stereocenters. The lowest BCUT2D eigenvalue weighted by molar-refractivity contribution is 0.135. The Bertz CT molecular complexity index is 386. The molecule has 18 heavy (non-hydrogen) atoms. The van der Waals surface area contributed by atoms with Crippen LogP contribution in [-0.2, 0) is 6.42 Å². The van der Waals surface area contributed by atoms with E-state index in [-0.39, 0.29) is 11.9 Å². The van der Waals surface area contributed by atoms with Crippen LogP contribution in [0.25, 0.3) is 0 Å². The number of hydrogen-bond acceptors (Lipinski definition) is 2. The Kier molecular flexibility index (Phi) is 4.59. The fourth-order valence-electron chi connectivity index (χ4n) is 2.54. The van der Waals surface area contributed by atoms with Crippen molar-refractivity contribution in [3.8, 4) is 5.75 Å². The lowest BCUT2D eigenvalue weighted by Gasteiger charge is -2.27. The van der Waals surface area contributed by atoms with Crippen LogP contribution in [0.3, 0.4) is 0 Å². The summed E-state index contributed by atoms with van der Waals surface area (Å²) in [5.74, 6) is 1.21. The first-order valence-electron chi connectivity index (χ1n) is 6.83. The molecular weight excluding hydrogens is 229 g/mol. The van der Waals surface area contributed by atoms with Crippen molar-refractivity contribution in [2.24, 2.45) is 11.7 Å². The van der Waals surface area contributed by atoms with Gasteiger partial charge in [0.1, 0.15) is 11.6 Å². The first-order chi connectivity index (χ1) is 8.67. The minimum atomic E-state index is -0.236. The van der Waals surface area contributed by atoms with Gasteiger partial charge in [-0.1, -0.05) is 6.92 Å². The predicted molar refractivity (Wildman–Crippen MR) is 71.2 cm³/mol. The van der Waals surface area contributed by atoms with E-state index in [4.69, 9.17) is 10.5 Å². The average Bonchev–Trinajstić information content (AvgIpc) is 2.32. The highest BCUT2D eigenvalue weighted by Gasteiger charge is 2.19. The van der Waals surface area contributed by atoms with Gasteiger partial charge in [-0.2, -0.15) is 0 Å². The molecule has 0 aromatic heterocycles. The van der Waals surface area contributed by atoms with E-state index < -0.39 is 0 Å². The van der Waals surface area contributed by atoms with Crippen molar-refractivity contribution in [1.82, 2.24) is 0 Å². The summed E-state index contributed by atoms with van der Waals surface area (Å²) in [5.41, 5.74) is 6.41. The van der Waals surface area contributed by atoms with Crippen LogP contribution in [0.1, 0.15) is 38.2 Å². The van der Waals surface area contributed by atoms with Crippen LogP contribution < -0.4 is 10.5 Å². The van der Waals surface area contributed by atoms with E-state index in [2.05, 4.69) is 6.92 Å². The summed E-state index contributed by atoms with van der Waals surface area (Å²) in [6.45, 7) is 2.81. The molecule has 0 heterocycles. The molecule has 1 aliphatic rings. The number of rotatable bonds is 4. The Hall–Kier alpha value is -1.09. The van der Waals surface area contributed by atoms with Gasteiger partial charge >= 0.3 is 0 Å². The summed E-state index contributed by atoms with van der Waals surface area (Å²) in [7, 11) is 0. The maximum atomic E-state index is 13.4. The van der Waals surface area contributed by atoms with Gasteiger partial charge in [0.05, 0.1) is 6.10 Å². The van der Waals surface area contributed by atoms with Crippen molar-refractivity contribution >= 4 is 0 Å². The van der Waals surface area contributed by atoms with E-state index in [0.29, 0.717) is 18.7 Å². The highest BCUT2D eigenvalue weighted by Crippen LogP contribution is 2.28. The lowest BCUT2D eigenvalue weighted by Crippen LogP contribution is -2.23. The Balaban J connectivity index is 2.00. The van der Waals surface area contributed by atoms with E-state index >= 15 is 0 Å². The molecule has 1 aromatic rings. The Morgan fingerprint density at radius 1 is 1.22 bits per heavy atom. The van der Waals surface area contributed by atoms with Crippen LogP contribution in [0.4, 0.5) is 4.39 Å². The Morgan fingerprint density at radius 3 is 2.61 bits per heavy atom. The Morgan fingerprint density at radius 2 is 1.94 bits per heavy atom. The number of nitrogens with two attached hydrogens (primary N) is 1. The van der Waals surface area contributed by atoms with Crippen molar-refractivity contribution in [3.63, 3.8) is 0 Å². The number of halogens is 1. The lowest BCUT2D eigenvalue weighted by atomic mass is 9.89. The van der Waals surface area contributed by atoms with Gasteiger partial charge in [-0.25, -0.2) is 4.39 Å². The largest absolute Gasteiger partial charge is 0.490 e. The number of benzene rings is 1. The Labute approximate surface area is 108 Å². The van der Waals surface area contributed by atoms with Crippen LogP contribution in [0.15, 0.2) is 18.2 Å². The molecular formula is C15H22FNO. The van der Waals surface area contributed by atoms with Gasteiger partial charge in [-0.15, -0.1) is 0 Å². The van der Waals surface area contributed by atoms with E-state index in [1.165, 1.54) is 25.0 Å². The van der Waals surface area contributed by atoms with Gasteiger partial charge in [0.2, 0.25) is 0 Å². The fourth-order valence-corrected chi connectivity index (χ4v) is 2.54.